The summed E-state index contributed by atoms with van der Waals surface area (Å²) >= 11 is 0. The van der Waals surface area contributed by atoms with E-state index in [0.29, 0.717) is 11.8 Å². The molecule has 0 amide bonds. The van der Waals surface area contributed by atoms with Gasteiger partial charge in [0.2, 0.25) is 6.20 Å². The summed E-state index contributed by atoms with van der Waals surface area (Å²) in [5.41, 5.74) is -0.839. The minimum absolute atomic E-state index is 0.0754. The zero-order valence-corrected chi connectivity index (χ0v) is 10.7. The zero-order chi connectivity index (χ0) is 15.5. The predicted octanol–water partition coefficient (Wildman–Crippen LogP) is 4.37. The fraction of sp³-hybridized carbons (Fsp3) is 0.0667. The van der Waals surface area contributed by atoms with E-state index in [9.17, 15) is 23.3 Å². The molecule has 108 valence electrons. The molecule has 0 aliphatic carbocycles. The minimum atomic E-state index is -4.58. The van der Waals surface area contributed by atoms with Crippen LogP contribution in [-0.2, 0) is 6.18 Å². The predicted molar refractivity (Wildman–Crippen MR) is 72.0 cm³/mol. The summed E-state index contributed by atoms with van der Waals surface area (Å²) in [5.74, 6) is 0. The van der Waals surface area contributed by atoms with Crippen molar-refractivity contribution in [1.29, 1.82) is 0 Å². The third-order valence-corrected chi connectivity index (χ3v) is 2.84. The molecule has 0 saturated carbocycles. The molecule has 2 rings (SSSR count). The number of alkyl halides is 3. The fourth-order valence-corrected chi connectivity index (χ4v) is 1.99. The van der Waals surface area contributed by atoms with E-state index in [4.69, 9.17) is 0 Å². The molecule has 0 aliphatic rings. The number of nitrogens with zero attached hydrogens (tertiary/aromatic N) is 1. The lowest BCUT2D eigenvalue weighted by Crippen LogP contribution is -2.09. The molecule has 0 atom stereocenters. The maximum absolute atomic E-state index is 13.1. The van der Waals surface area contributed by atoms with E-state index in [1.807, 2.05) is 0 Å². The highest BCUT2D eigenvalue weighted by Gasteiger charge is 2.34. The summed E-state index contributed by atoms with van der Waals surface area (Å²) in [7, 11) is 0. The zero-order valence-electron chi connectivity index (χ0n) is 10.7. The third-order valence-electron chi connectivity index (χ3n) is 2.84. The molecule has 0 aromatic heterocycles. The molecule has 0 bridgehead atoms. The highest BCUT2D eigenvalue weighted by Crippen LogP contribution is 2.36. The van der Waals surface area contributed by atoms with Crippen molar-refractivity contribution in [2.75, 3.05) is 0 Å². The molecular weight excluding hydrogens is 283 g/mol. The van der Waals surface area contributed by atoms with Gasteiger partial charge in [0.05, 0.1) is 16.1 Å². The van der Waals surface area contributed by atoms with Crippen molar-refractivity contribution in [3.8, 4) is 0 Å². The first-order chi connectivity index (χ1) is 9.89. The van der Waals surface area contributed by atoms with Crippen LogP contribution in [0.3, 0.4) is 0 Å². The largest absolute Gasteiger partial charge is 0.417 e. The van der Waals surface area contributed by atoms with Crippen LogP contribution in [0.4, 0.5) is 13.2 Å². The molecule has 0 aliphatic heterocycles. The van der Waals surface area contributed by atoms with Gasteiger partial charge in [-0.1, -0.05) is 48.5 Å². The van der Waals surface area contributed by atoms with Gasteiger partial charge in [0.1, 0.15) is 0 Å². The van der Waals surface area contributed by atoms with Crippen molar-refractivity contribution in [3.05, 3.63) is 87.6 Å². The molecule has 0 fully saturated rings. The van der Waals surface area contributed by atoms with Gasteiger partial charge in [0.15, 0.2) is 0 Å². The fourth-order valence-electron chi connectivity index (χ4n) is 1.99. The summed E-state index contributed by atoms with van der Waals surface area (Å²) < 4.78 is 39.2. The molecular formula is C15H10F3NO2. The van der Waals surface area contributed by atoms with Gasteiger partial charge in [-0.05, 0) is 11.6 Å². The Labute approximate surface area is 118 Å². The van der Waals surface area contributed by atoms with Crippen molar-refractivity contribution in [2.45, 2.75) is 6.18 Å². The minimum Gasteiger partial charge on any atom is -0.259 e. The average Bonchev–Trinajstić information content (AvgIpc) is 2.44. The van der Waals surface area contributed by atoms with Crippen molar-refractivity contribution in [1.82, 2.24) is 0 Å². The number of benzene rings is 2. The summed E-state index contributed by atoms with van der Waals surface area (Å²) in [6, 6.07) is 12.8. The number of hydrogen-bond acceptors (Lipinski definition) is 2. The SMILES string of the molecule is O=[N+]([O-])/C=C(\c1ccccc1)c1ccccc1C(F)(F)F. The summed E-state index contributed by atoms with van der Waals surface area (Å²) in [6.45, 7) is 0. The second kappa shape index (κ2) is 5.78. The van der Waals surface area contributed by atoms with Crippen LogP contribution in [0.5, 0.6) is 0 Å². The van der Waals surface area contributed by atoms with E-state index >= 15 is 0 Å². The molecule has 6 heteroatoms. The maximum Gasteiger partial charge on any atom is 0.417 e. The standard InChI is InChI=1S/C15H10F3NO2/c16-15(17,18)14-9-5-4-8-12(14)13(10-19(20)21)11-6-2-1-3-7-11/h1-10H/b13-10+. The van der Waals surface area contributed by atoms with Crippen LogP contribution in [-0.4, -0.2) is 4.92 Å². The molecule has 0 N–H and O–H groups in total. The smallest absolute Gasteiger partial charge is 0.259 e. The molecule has 2 aromatic carbocycles. The first kappa shape index (κ1) is 14.8. The Morgan fingerprint density at radius 2 is 1.57 bits per heavy atom. The Kier molecular flexibility index (Phi) is 4.07. The highest BCUT2D eigenvalue weighted by molar-refractivity contribution is 5.80. The van der Waals surface area contributed by atoms with Crippen LogP contribution >= 0.6 is 0 Å². The Hall–Kier alpha value is -2.63. The quantitative estimate of drug-likeness (QED) is 0.623. The Morgan fingerprint density at radius 3 is 2.14 bits per heavy atom. The molecule has 3 nitrogen and oxygen atoms in total. The summed E-state index contributed by atoms with van der Waals surface area (Å²) in [4.78, 5) is 10.0. The van der Waals surface area contributed by atoms with Gasteiger partial charge in [0.25, 0.3) is 0 Å². The summed E-state index contributed by atoms with van der Waals surface area (Å²) in [5, 5.41) is 10.8. The third kappa shape index (κ3) is 3.47. The molecule has 0 saturated heterocycles. The molecule has 0 radical (unpaired) electrons. The topological polar surface area (TPSA) is 43.1 Å². The number of halogens is 3. The Morgan fingerprint density at radius 1 is 1.00 bits per heavy atom. The maximum atomic E-state index is 13.1. The first-order valence-electron chi connectivity index (χ1n) is 5.97. The van der Waals surface area contributed by atoms with Gasteiger partial charge < -0.3 is 0 Å². The molecule has 0 spiro atoms. The molecule has 0 unspecified atom stereocenters. The van der Waals surface area contributed by atoms with Crippen LogP contribution in [0.1, 0.15) is 16.7 Å². The van der Waals surface area contributed by atoms with Gasteiger partial charge in [-0.25, -0.2) is 0 Å². The van der Waals surface area contributed by atoms with Crippen LogP contribution in [0, 0.1) is 10.1 Å². The van der Waals surface area contributed by atoms with E-state index in [-0.39, 0.29) is 11.1 Å². The second-order valence-corrected chi connectivity index (χ2v) is 4.24. The van der Waals surface area contributed by atoms with Gasteiger partial charge in [-0.2, -0.15) is 13.2 Å². The Balaban J connectivity index is 2.68. The van der Waals surface area contributed by atoms with Gasteiger partial charge in [0, 0.05) is 5.56 Å². The van der Waals surface area contributed by atoms with Crippen molar-refractivity contribution in [3.63, 3.8) is 0 Å². The highest BCUT2D eigenvalue weighted by atomic mass is 19.4. The first-order valence-corrected chi connectivity index (χ1v) is 5.97. The number of hydrogen-bond donors (Lipinski definition) is 0. The van der Waals surface area contributed by atoms with E-state index in [1.54, 1.807) is 18.2 Å². The normalized spacial score (nSPS) is 12.2. The van der Waals surface area contributed by atoms with Crippen LogP contribution in [0.2, 0.25) is 0 Å². The van der Waals surface area contributed by atoms with Crippen molar-refractivity contribution in [2.24, 2.45) is 0 Å². The van der Waals surface area contributed by atoms with Gasteiger partial charge in [-0.3, -0.25) is 10.1 Å². The van der Waals surface area contributed by atoms with Gasteiger partial charge in [-0.15, -0.1) is 0 Å². The van der Waals surface area contributed by atoms with E-state index in [0.717, 1.165) is 6.07 Å². The Bertz CT molecular complexity index is 679. The monoisotopic (exact) mass is 293 g/mol. The molecule has 21 heavy (non-hydrogen) atoms. The lowest BCUT2D eigenvalue weighted by atomic mass is 9.94. The van der Waals surface area contributed by atoms with Crippen LogP contribution in [0.15, 0.2) is 60.8 Å². The van der Waals surface area contributed by atoms with Gasteiger partial charge >= 0.3 is 6.18 Å². The van der Waals surface area contributed by atoms with E-state index in [2.05, 4.69) is 0 Å². The van der Waals surface area contributed by atoms with E-state index < -0.39 is 16.7 Å². The van der Waals surface area contributed by atoms with Crippen LogP contribution < -0.4 is 0 Å². The lowest BCUT2D eigenvalue weighted by molar-refractivity contribution is -0.401. The molecule has 2 aromatic rings. The lowest BCUT2D eigenvalue weighted by Gasteiger charge is -2.14. The summed E-state index contributed by atoms with van der Waals surface area (Å²) in [6.07, 6.45) is -3.99. The second-order valence-electron chi connectivity index (χ2n) is 4.24. The van der Waals surface area contributed by atoms with Crippen molar-refractivity contribution >= 4 is 5.57 Å². The number of nitro groups is 1. The average molecular weight is 293 g/mol. The van der Waals surface area contributed by atoms with Crippen LogP contribution in [0.25, 0.3) is 5.57 Å². The van der Waals surface area contributed by atoms with E-state index in [1.165, 1.54) is 30.3 Å². The molecule has 0 heterocycles. The van der Waals surface area contributed by atoms with Crippen molar-refractivity contribution < 1.29 is 18.1 Å². The number of rotatable bonds is 3.